The number of aromatic nitrogens is 1. The number of ether oxygens (including phenoxy) is 4. The van der Waals surface area contributed by atoms with Gasteiger partial charge in [0.25, 0.3) is 0 Å². The van der Waals surface area contributed by atoms with Crippen LogP contribution in [0.2, 0.25) is 0 Å². The molecule has 3 aliphatic heterocycles. The fourth-order valence-corrected chi connectivity index (χ4v) is 15.7. The average Bonchev–Trinajstić information content (AvgIpc) is 0.794. The van der Waals surface area contributed by atoms with Crippen LogP contribution in [0.3, 0.4) is 0 Å². The summed E-state index contributed by atoms with van der Waals surface area (Å²) in [4.78, 5) is 3.43. The van der Waals surface area contributed by atoms with Gasteiger partial charge in [-0.2, -0.15) is 0 Å². The summed E-state index contributed by atoms with van der Waals surface area (Å²) in [5.74, 6) is 9.05. The van der Waals surface area contributed by atoms with Crippen LogP contribution in [0.25, 0.3) is 28.1 Å². The zero-order valence-electron chi connectivity index (χ0n) is 52.4. The van der Waals surface area contributed by atoms with Crippen molar-refractivity contribution in [3.8, 4) is 51.7 Å². The Labute approximate surface area is 529 Å². The number of hydrogen-bond acceptors (Lipinski definition) is 13. The minimum Gasteiger partial charge on any atom is -0.507 e. The van der Waals surface area contributed by atoms with E-state index < -0.39 is 35.6 Å². The predicted octanol–water partition coefficient (Wildman–Crippen LogP) is 11.1. The Hall–Kier alpha value is -7.16. The minimum absolute atomic E-state index is 0.00533. The average molecular weight is 1220 g/mol. The van der Waals surface area contributed by atoms with Gasteiger partial charge in [-0.3, -0.25) is 10.6 Å². The quantitative estimate of drug-likeness (QED) is 0.0165. The first-order valence-corrected chi connectivity index (χ1v) is 33.1. The van der Waals surface area contributed by atoms with E-state index in [0.717, 1.165) is 106 Å². The summed E-state index contributed by atoms with van der Waals surface area (Å²) in [5.41, 5.74) is 11.7. The number of aryl methyl sites for hydroxylation is 3. The molecule has 1 fully saturated rings. The Bertz CT molecular complexity index is 3770. The van der Waals surface area contributed by atoms with E-state index in [9.17, 15) is 25.5 Å². The third kappa shape index (κ3) is 12.8. The zero-order valence-corrected chi connectivity index (χ0v) is 52.4. The van der Waals surface area contributed by atoms with Gasteiger partial charge in [-0.25, -0.2) is 0 Å². The monoisotopic (exact) mass is 1220 g/mol. The van der Waals surface area contributed by atoms with Gasteiger partial charge in [-0.15, -0.1) is 0 Å². The Morgan fingerprint density at radius 3 is 2.36 bits per heavy atom. The fraction of sp³-hybridized carbons (Fsp3) is 0.447. The molecule has 13 rings (SSSR count). The Morgan fingerprint density at radius 1 is 0.789 bits per heavy atom. The van der Waals surface area contributed by atoms with E-state index >= 15 is 0 Å². The highest BCUT2D eigenvalue weighted by Crippen LogP contribution is 2.62. The van der Waals surface area contributed by atoms with Gasteiger partial charge in [-0.1, -0.05) is 111 Å². The molecule has 1 saturated carbocycles. The van der Waals surface area contributed by atoms with Crippen molar-refractivity contribution in [2.75, 3.05) is 46.2 Å². The number of aromatic amines is 1. The van der Waals surface area contributed by atoms with Crippen LogP contribution >= 0.6 is 0 Å². The molecule has 0 radical (unpaired) electrons. The fourth-order valence-electron chi connectivity index (χ4n) is 15.7. The van der Waals surface area contributed by atoms with E-state index in [-0.39, 0.29) is 74.1 Å². The van der Waals surface area contributed by atoms with Crippen molar-refractivity contribution >= 4 is 17.0 Å². The highest BCUT2D eigenvalue weighted by Gasteiger charge is 2.55. The summed E-state index contributed by atoms with van der Waals surface area (Å²) in [7, 11) is 0. The summed E-state index contributed by atoms with van der Waals surface area (Å²) in [6, 6.07) is 37.1. The second-order valence-corrected chi connectivity index (χ2v) is 26.9. The van der Waals surface area contributed by atoms with Crippen LogP contribution in [-0.4, -0.2) is 112 Å². The van der Waals surface area contributed by atoms with Gasteiger partial charge in [0.05, 0.1) is 25.5 Å². The molecule has 2 bridgehead atoms. The topological polar surface area (TPSA) is 202 Å². The molecule has 1 aromatic heterocycles. The predicted molar refractivity (Wildman–Crippen MR) is 353 cm³/mol. The van der Waals surface area contributed by atoms with Crippen LogP contribution in [0.4, 0.5) is 0 Å². The number of aromatic hydroxyl groups is 2. The van der Waals surface area contributed by atoms with E-state index in [1.165, 1.54) is 16.7 Å². The van der Waals surface area contributed by atoms with E-state index in [0.29, 0.717) is 75.1 Å². The van der Waals surface area contributed by atoms with Crippen LogP contribution in [0.15, 0.2) is 121 Å². The molecule has 10 N–H and O–H groups in total. The number of aliphatic hydroxyl groups excluding tert-OH is 2. The molecule has 8 atom stereocenters. The summed E-state index contributed by atoms with van der Waals surface area (Å²) in [6.07, 6.45) is 12.3. The summed E-state index contributed by atoms with van der Waals surface area (Å²) in [5, 5.41) is 74.4. The maximum atomic E-state index is 12.3. The Balaban J connectivity index is 0.998. The largest absolute Gasteiger partial charge is 0.507 e. The normalized spacial score (nSPS) is 23.1. The van der Waals surface area contributed by atoms with E-state index in [4.69, 9.17) is 18.9 Å². The van der Waals surface area contributed by atoms with Crippen LogP contribution in [0.1, 0.15) is 146 Å². The van der Waals surface area contributed by atoms with E-state index in [1.807, 2.05) is 49.5 Å². The van der Waals surface area contributed by atoms with E-state index in [2.05, 4.69) is 131 Å². The number of benzene rings is 6. The van der Waals surface area contributed by atoms with Crippen molar-refractivity contribution in [2.45, 2.75) is 164 Å². The molecule has 7 aromatic rings. The number of fused-ring (bicyclic) bond motifs is 12. The van der Waals surface area contributed by atoms with Crippen LogP contribution < -0.4 is 35.5 Å². The first-order valence-electron chi connectivity index (χ1n) is 33.1. The maximum Gasteiger partial charge on any atom is 0.162 e. The highest BCUT2D eigenvalue weighted by molar-refractivity contribution is 5.90. The van der Waals surface area contributed by atoms with Gasteiger partial charge < -0.3 is 60.1 Å². The smallest absolute Gasteiger partial charge is 0.162 e. The van der Waals surface area contributed by atoms with Crippen LogP contribution in [0.5, 0.6) is 28.7 Å². The van der Waals surface area contributed by atoms with Crippen molar-refractivity contribution in [1.29, 1.82) is 0 Å². The maximum absolute atomic E-state index is 12.3. The van der Waals surface area contributed by atoms with Gasteiger partial charge in [0.2, 0.25) is 0 Å². The highest BCUT2D eigenvalue weighted by atomic mass is 16.6. The number of nitrogens with one attached hydrogen (secondary N) is 5. The van der Waals surface area contributed by atoms with Crippen molar-refractivity contribution in [1.82, 2.24) is 26.3 Å². The molecule has 14 nitrogen and oxygen atoms in total. The molecule has 3 aliphatic carbocycles. The molecule has 472 valence electrons. The van der Waals surface area contributed by atoms with Gasteiger partial charge in [0, 0.05) is 78.5 Å². The lowest BCUT2D eigenvalue weighted by molar-refractivity contribution is -0.143. The Kier molecular flexibility index (Phi) is 18.5. The molecular formula is C76H89N5O9. The minimum atomic E-state index is -1.32. The standard InChI is InChI=1S/C76H89N5O9/c1-47(2)39-75(3,86)44-78-45-80-67-22-12-21-56(42-82)88-66-37-53(35-52(71(66)85)24-23-49-16-8-5-9-17-49)74-76(67,87-46-81-55-19-10-11-20-55)40-63-60-38-62-68(51-25-29-64-50(34-51)31-33-79-64)54(41-77-32-13-18-48-14-6-4-7-15-48)36-61-65(84)30-28-58(69(61)62)70(60)73-59(72(63)90-74)27-26-57(43-83)89-73/h4-9,14-17,25,28-31,33-37,47,55-57,62,67-68,74,77-86H,10-11,13,18-21,23-24,26-27,32,38-46H2,1-3H3. The lowest BCUT2D eigenvalue weighted by Crippen LogP contribution is -2.62. The van der Waals surface area contributed by atoms with Crippen molar-refractivity contribution < 1.29 is 44.5 Å². The number of phenols is 2. The summed E-state index contributed by atoms with van der Waals surface area (Å²) >= 11 is 0. The second-order valence-electron chi connectivity index (χ2n) is 26.9. The molecule has 6 aliphatic rings. The van der Waals surface area contributed by atoms with Gasteiger partial charge in [-0.05, 0) is 187 Å². The zero-order chi connectivity index (χ0) is 61.9. The molecule has 0 spiro atoms. The first kappa shape index (κ1) is 61.7. The molecule has 8 unspecified atom stereocenters. The number of H-pyrrole nitrogens is 1. The van der Waals surface area contributed by atoms with E-state index in [1.54, 1.807) is 0 Å². The molecule has 0 saturated heterocycles. The third-order valence-electron chi connectivity index (χ3n) is 19.9. The second kappa shape index (κ2) is 27.0. The number of hydrogen-bond donors (Lipinski definition) is 10. The van der Waals surface area contributed by atoms with Crippen LogP contribution in [0, 0.1) is 17.8 Å². The van der Waals surface area contributed by atoms with Crippen molar-refractivity contribution in [3.05, 3.63) is 177 Å². The number of rotatable bonds is 23. The number of aliphatic hydroxyl groups is 3. The molecule has 6 aromatic carbocycles. The molecule has 4 heterocycles. The summed E-state index contributed by atoms with van der Waals surface area (Å²) < 4.78 is 29.6. The van der Waals surface area contributed by atoms with Crippen LogP contribution in [-0.2, 0) is 43.3 Å². The SMILES string of the molecule is CC(C)CC(C)(O)CNCNC1C#CCC(CO)Oc2cc(cc(CCc3ccccc3)c2O)C2Oc3c(c4c(c5c3CCC(CO)O5)-c3ccc(O)c5c3C(C4)C(c3ccc4[nH]ccc4c3)C(CNCCCc3ccccc3)=C5)CC12OCNC1CCCC1. The first-order chi connectivity index (χ1) is 43.9. The molecule has 14 heteroatoms. The van der Waals surface area contributed by atoms with Gasteiger partial charge >= 0.3 is 0 Å². The molecule has 90 heavy (non-hydrogen) atoms. The third-order valence-corrected chi connectivity index (χ3v) is 19.9. The Morgan fingerprint density at radius 2 is 1.58 bits per heavy atom. The number of phenolic OH excluding ortho intramolecular Hbond substituents is 2. The van der Waals surface area contributed by atoms with Gasteiger partial charge in [0.1, 0.15) is 41.1 Å². The van der Waals surface area contributed by atoms with Crippen molar-refractivity contribution in [2.24, 2.45) is 5.92 Å². The van der Waals surface area contributed by atoms with Crippen molar-refractivity contribution in [3.63, 3.8) is 0 Å². The molecular weight excluding hydrogens is 1130 g/mol. The lowest BCUT2D eigenvalue weighted by atomic mass is 9.62. The molecule has 0 amide bonds. The van der Waals surface area contributed by atoms with Gasteiger partial charge in [0.15, 0.2) is 17.6 Å². The lowest BCUT2D eigenvalue weighted by Gasteiger charge is -2.50. The summed E-state index contributed by atoms with van der Waals surface area (Å²) in [6.45, 7) is 7.83.